The lowest BCUT2D eigenvalue weighted by Crippen LogP contribution is -2.44. The predicted molar refractivity (Wildman–Crippen MR) is 113 cm³/mol. The van der Waals surface area contributed by atoms with Crippen molar-refractivity contribution in [3.8, 4) is 0 Å². The number of benzene rings is 2. The van der Waals surface area contributed by atoms with Crippen molar-refractivity contribution >= 4 is 15.9 Å². The van der Waals surface area contributed by atoms with Crippen LogP contribution >= 0.6 is 0 Å². The van der Waals surface area contributed by atoms with Gasteiger partial charge in [-0.3, -0.25) is 4.79 Å². The average Bonchev–Trinajstić information content (AvgIpc) is 2.61. The van der Waals surface area contributed by atoms with Gasteiger partial charge in [0.05, 0.1) is 12.8 Å². The largest absolute Gasteiger partial charge is 0.352 e. The maximum Gasteiger partial charge on any atom is 0.235 e. The normalized spacial score (nSPS) is 13.3. The van der Waals surface area contributed by atoms with Gasteiger partial charge in [-0.2, -0.15) is 4.31 Å². The molecule has 0 saturated carbocycles. The minimum absolute atomic E-state index is 0.0826. The van der Waals surface area contributed by atoms with Crippen molar-refractivity contribution < 1.29 is 13.2 Å². The van der Waals surface area contributed by atoms with Crippen LogP contribution in [-0.2, 0) is 26.8 Å². The first-order chi connectivity index (χ1) is 13.1. The molecule has 28 heavy (non-hydrogen) atoms. The smallest absolute Gasteiger partial charge is 0.235 e. The number of nitrogens with zero attached hydrogens (tertiary/aromatic N) is 1. The quantitative estimate of drug-likeness (QED) is 0.700. The van der Waals surface area contributed by atoms with E-state index in [0.29, 0.717) is 0 Å². The van der Waals surface area contributed by atoms with Gasteiger partial charge >= 0.3 is 0 Å². The maximum absolute atomic E-state index is 12.5. The summed E-state index contributed by atoms with van der Waals surface area (Å²) in [7, 11) is -3.50. The first-order valence-corrected chi connectivity index (χ1v) is 11.3. The highest BCUT2D eigenvalue weighted by Gasteiger charge is 2.25. The summed E-state index contributed by atoms with van der Waals surface area (Å²) in [5.74, 6) is -0.294. The fraction of sp³-hybridized carbons (Fsp3) is 0.409. The van der Waals surface area contributed by atoms with E-state index in [4.69, 9.17) is 0 Å². The molecule has 0 aliphatic heterocycles. The number of hydrogen-bond acceptors (Lipinski definition) is 3. The van der Waals surface area contributed by atoms with Crippen LogP contribution in [0.4, 0.5) is 0 Å². The van der Waals surface area contributed by atoms with Crippen LogP contribution in [-0.4, -0.2) is 37.5 Å². The van der Waals surface area contributed by atoms with Crippen molar-refractivity contribution in [2.75, 3.05) is 12.8 Å². The van der Waals surface area contributed by atoms with Crippen molar-refractivity contribution in [2.45, 2.75) is 45.2 Å². The highest BCUT2D eigenvalue weighted by molar-refractivity contribution is 7.88. The molecule has 1 amide bonds. The zero-order valence-corrected chi connectivity index (χ0v) is 17.9. The first kappa shape index (κ1) is 22.1. The summed E-state index contributed by atoms with van der Waals surface area (Å²) >= 11 is 0. The minimum Gasteiger partial charge on any atom is -0.352 e. The molecule has 2 aromatic carbocycles. The van der Waals surface area contributed by atoms with Gasteiger partial charge in [0.2, 0.25) is 15.9 Å². The Morgan fingerprint density at radius 3 is 2.11 bits per heavy atom. The molecule has 6 heteroatoms. The van der Waals surface area contributed by atoms with Crippen LogP contribution in [0.5, 0.6) is 0 Å². The van der Waals surface area contributed by atoms with E-state index in [1.165, 1.54) is 9.87 Å². The van der Waals surface area contributed by atoms with Crippen LogP contribution in [0.2, 0.25) is 0 Å². The average molecular weight is 403 g/mol. The minimum atomic E-state index is -3.50. The van der Waals surface area contributed by atoms with Gasteiger partial charge < -0.3 is 5.32 Å². The molecule has 0 aliphatic rings. The molecular formula is C22H30N2O3S. The van der Waals surface area contributed by atoms with E-state index in [2.05, 4.69) is 31.3 Å². The Labute approximate surface area is 168 Å². The molecule has 1 N–H and O–H groups in total. The zero-order valence-electron chi connectivity index (χ0n) is 17.1. The Bertz CT molecular complexity index is 865. The van der Waals surface area contributed by atoms with E-state index in [-0.39, 0.29) is 30.5 Å². The SMILES string of the molecule is CC(CC(C)(C)c1ccccc1)NC(=O)CN(Cc1ccccc1)S(C)(=O)=O. The fourth-order valence-corrected chi connectivity index (χ4v) is 4.12. The highest BCUT2D eigenvalue weighted by atomic mass is 32.2. The molecule has 0 aromatic heterocycles. The van der Waals surface area contributed by atoms with Gasteiger partial charge in [0.15, 0.2) is 0 Å². The Hall–Kier alpha value is -2.18. The summed E-state index contributed by atoms with van der Waals surface area (Å²) in [4.78, 5) is 12.5. The topological polar surface area (TPSA) is 66.5 Å². The van der Waals surface area contributed by atoms with E-state index in [0.717, 1.165) is 18.2 Å². The van der Waals surface area contributed by atoms with E-state index in [9.17, 15) is 13.2 Å². The molecule has 0 saturated heterocycles. The molecule has 2 rings (SSSR count). The second-order valence-electron chi connectivity index (χ2n) is 7.94. The van der Waals surface area contributed by atoms with Crippen molar-refractivity contribution in [1.82, 2.24) is 9.62 Å². The second-order valence-corrected chi connectivity index (χ2v) is 9.92. The summed E-state index contributed by atoms with van der Waals surface area (Å²) in [6.07, 6.45) is 1.88. The van der Waals surface area contributed by atoms with Crippen molar-refractivity contribution in [2.24, 2.45) is 0 Å². The first-order valence-electron chi connectivity index (χ1n) is 9.42. The molecule has 152 valence electrons. The molecule has 2 aromatic rings. The van der Waals surface area contributed by atoms with E-state index < -0.39 is 10.0 Å². The van der Waals surface area contributed by atoms with Gasteiger partial charge in [0.25, 0.3) is 0 Å². The third-order valence-electron chi connectivity index (χ3n) is 4.77. The molecule has 0 aliphatic carbocycles. The van der Waals surface area contributed by atoms with Gasteiger partial charge in [-0.15, -0.1) is 0 Å². The Morgan fingerprint density at radius 1 is 1.04 bits per heavy atom. The number of nitrogens with one attached hydrogen (secondary N) is 1. The molecule has 0 bridgehead atoms. The molecule has 0 fully saturated rings. The molecule has 5 nitrogen and oxygen atoms in total. The van der Waals surface area contributed by atoms with Gasteiger partial charge in [0.1, 0.15) is 0 Å². The Balaban J connectivity index is 1.98. The van der Waals surface area contributed by atoms with Crippen molar-refractivity contribution in [3.63, 3.8) is 0 Å². The fourth-order valence-electron chi connectivity index (χ4n) is 3.38. The summed E-state index contributed by atoms with van der Waals surface area (Å²) in [5.41, 5.74) is 1.95. The van der Waals surface area contributed by atoms with Gasteiger partial charge in [-0.25, -0.2) is 8.42 Å². The third kappa shape index (κ3) is 6.77. The molecule has 0 radical (unpaired) electrons. The number of amides is 1. The molecule has 0 heterocycles. The maximum atomic E-state index is 12.5. The summed E-state index contributed by atoms with van der Waals surface area (Å²) in [6, 6.07) is 19.4. The van der Waals surface area contributed by atoms with Crippen LogP contribution in [0.1, 0.15) is 38.3 Å². The summed E-state index contributed by atoms with van der Waals surface area (Å²) in [6.45, 7) is 6.22. The predicted octanol–water partition coefficient (Wildman–Crippen LogP) is 3.32. The second kappa shape index (κ2) is 9.34. The van der Waals surface area contributed by atoms with E-state index in [1.807, 2.05) is 55.5 Å². The Morgan fingerprint density at radius 2 is 1.57 bits per heavy atom. The summed E-state index contributed by atoms with van der Waals surface area (Å²) in [5, 5.41) is 2.95. The van der Waals surface area contributed by atoms with Gasteiger partial charge in [0, 0.05) is 12.6 Å². The number of sulfonamides is 1. The van der Waals surface area contributed by atoms with E-state index in [1.54, 1.807) is 0 Å². The van der Waals surface area contributed by atoms with Crippen molar-refractivity contribution in [3.05, 3.63) is 71.8 Å². The van der Waals surface area contributed by atoms with Crippen LogP contribution in [0.15, 0.2) is 60.7 Å². The number of hydrogen-bond donors (Lipinski definition) is 1. The van der Waals surface area contributed by atoms with Crippen LogP contribution in [0, 0.1) is 0 Å². The lowest BCUT2D eigenvalue weighted by Gasteiger charge is -2.29. The van der Waals surface area contributed by atoms with Crippen molar-refractivity contribution in [1.29, 1.82) is 0 Å². The van der Waals surface area contributed by atoms with Gasteiger partial charge in [-0.1, -0.05) is 74.5 Å². The molecule has 1 unspecified atom stereocenters. The Kier molecular flexibility index (Phi) is 7.38. The summed E-state index contributed by atoms with van der Waals surface area (Å²) < 4.78 is 25.4. The number of rotatable bonds is 9. The molecular weight excluding hydrogens is 372 g/mol. The van der Waals surface area contributed by atoms with Crippen LogP contribution < -0.4 is 5.32 Å². The number of carbonyl (C=O) groups excluding carboxylic acids is 1. The molecule has 0 spiro atoms. The van der Waals surface area contributed by atoms with Crippen LogP contribution in [0.25, 0.3) is 0 Å². The lowest BCUT2D eigenvalue weighted by molar-refractivity contribution is -0.122. The zero-order chi connectivity index (χ0) is 20.8. The third-order valence-corrected chi connectivity index (χ3v) is 5.97. The molecule has 1 atom stereocenters. The van der Waals surface area contributed by atoms with E-state index >= 15 is 0 Å². The van der Waals surface area contributed by atoms with Crippen LogP contribution in [0.3, 0.4) is 0 Å². The lowest BCUT2D eigenvalue weighted by atomic mass is 9.79. The monoisotopic (exact) mass is 402 g/mol. The van der Waals surface area contributed by atoms with Gasteiger partial charge in [-0.05, 0) is 29.9 Å². The highest BCUT2D eigenvalue weighted by Crippen LogP contribution is 2.28. The standard InChI is InChI=1S/C22H30N2O3S/c1-18(15-22(2,3)20-13-9-6-10-14-20)23-21(25)17-24(28(4,26)27)16-19-11-7-5-8-12-19/h5-14,18H,15-17H2,1-4H3,(H,23,25). The number of carbonyl (C=O) groups is 1.